The van der Waals surface area contributed by atoms with Crippen molar-refractivity contribution in [2.24, 2.45) is 0 Å². The highest BCUT2D eigenvalue weighted by Crippen LogP contribution is 2.11. The maximum atomic E-state index is 13.3. The van der Waals surface area contributed by atoms with Gasteiger partial charge in [0.25, 0.3) is 11.5 Å². The molecular formula is C21H20ClFN4O4. The highest BCUT2D eigenvalue weighted by atomic mass is 35.5. The van der Waals surface area contributed by atoms with E-state index < -0.39 is 28.7 Å². The van der Waals surface area contributed by atoms with Crippen molar-refractivity contribution in [3.63, 3.8) is 0 Å². The van der Waals surface area contributed by atoms with Gasteiger partial charge in [-0.3, -0.25) is 14.2 Å². The number of hydrogen-bond donors (Lipinski definition) is 1. The molecule has 1 aromatic heterocycles. The first-order valence-electron chi connectivity index (χ1n) is 9.42. The van der Waals surface area contributed by atoms with E-state index in [9.17, 15) is 18.8 Å². The second kappa shape index (κ2) is 10.1. The van der Waals surface area contributed by atoms with Crippen LogP contribution in [0, 0.1) is 5.82 Å². The molecule has 0 saturated heterocycles. The summed E-state index contributed by atoms with van der Waals surface area (Å²) in [5, 5.41) is 7.00. The van der Waals surface area contributed by atoms with Gasteiger partial charge in [0.15, 0.2) is 0 Å². The molecular weight excluding hydrogens is 427 g/mol. The number of hydrogen-bond acceptors (Lipinski definition) is 5. The molecule has 8 nitrogen and oxygen atoms in total. The number of nitrogens with zero attached hydrogens (tertiary/aromatic N) is 3. The van der Waals surface area contributed by atoms with Crippen LogP contribution in [0.15, 0.2) is 58.1 Å². The second-order valence-electron chi connectivity index (χ2n) is 6.64. The predicted molar refractivity (Wildman–Crippen MR) is 113 cm³/mol. The van der Waals surface area contributed by atoms with Crippen LogP contribution < -0.4 is 16.6 Å². The third-order valence-electron chi connectivity index (χ3n) is 4.39. The van der Waals surface area contributed by atoms with Crippen molar-refractivity contribution in [2.45, 2.75) is 13.0 Å². The Balaban J connectivity index is 2.08. The van der Waals surface area contributed by atoms with Gasteiger partial charge in [-0.1, -0.05) is 23.7 Å². The van der Waals surface area contributed by atoms with E-state index in [1.165, 1.54) is 19.2 Å². The van der Waals surface area contributed by atoms with Gasteiger partial charge in [0.2, 0.25) is 5.69 Å². The van der Waals surface area contributed by atoms with Crippen LogP contribution in [-0.4, -0.2) is 40.5 Å². The van der Waals surface area contributed by atoms with E-state index in [-0.39, 0.29) is 18.8 Å². The summed E-state index contributed by atoms with van der Waals surface area (Å²) in [7, 11) is 1.54. The second-order valence-corrected chi connectivity index (χ2v) is 7.08. The molecule has 3 aromatic rings. The summed E-state index contributed by atoms with van der Waals surface area (Å²) in [5.74, 6) is -1.23. The Kier molecular flexibility index (Phi) is 7.32. The first-order valence-corrected chi connectivity index (χ1v) is 9.80. The van der Waals surface area contributed by atoms with E-state index >= 15 is 0 Å². The monoisotopic (exact) mass is 446 g/mol. The molecule has 0 saturated carbocycles. The van der Waals surface area contributed by atoms with Gasteiger partial charge in [0.05, 0.1) is 12.2 Å². The maximum absolute atomic E-state index is 13.3. The fourth-order valence-electron chi connectivity index (χ4n) is 2.87. The molecule has 1 amide bonds. The lowest BCUT2D eigenvalue weighted by molar-refractivity contribution is 0.0938. The summed E-state index contributed by atoms with van der Waals surface area (Å²) >= 11 is 6.00. The van der Waals surface area contributed by atoms with Crippen LogP contribution in [0.4, 0.5) is 4.39 Å². The molecule has 0 radical (unpaired) electrons. The number of aromatic nitrogens is 3. The Morgan fingerprint density at radius 2 is 1.94 bits per heavy atom. The lowest BCUT2D eigenvalue weighted by Crippen LogP contribution is -2.46. The normalized spacial score (nSPS) is 10.8. The smallest absolute Gasteiger partial charge is 0.352 e. The third-order valence-corrected chi connectivity index (χ3v) is 4.62. The summed E-state index contributed by atoms with van der Waals surface area (Å²) in [5.41, 5.74) is -1.27. The van der Waals surface area contributed by atoms with Gasteiger partial charge >= 0.3 is 5.69 Å². The SMILES string of the molecule is COCCCNC(=O)c1nn(-c2ccc(F)cc2)c(=O)n(Cc2cccc(Cl)c2)c1=O. The standard InChI is InChI=1S/C21H20ClFN4O4/c1-31-11-3-10-24-19(28)18-20(29)26(13-14-4-2-5-15(22)12-14)21(30)27(25-18)17-8-6-16(23)7-9-17/h2,4-9,12H,3,10-11,13H2,1H3,(H,24,28). The topological polar surface area (TPSA) is 95.2 Å². The molecule has 0 spiro atoms. The van der Waals surface area contributed by atoms with Gasteiger partial charge in [0, 0.05) is 25.3 Å². The zero-order valence-electron chi connectivity index (χ0n) is 16.7. The summed E-state index contributed by atoms with van der Waals surface area (Å²) in [6, 6.07) is 11.6. The molecule has 0 aliphatic carbocycles. The molecule has 2 aromatic carbocycles. The number of benzene rings is 2. The number of amides is 1. The molecule has 1 heterocycles. The lowest BCUT2D eigenvalue weighted by atomic mass is 10.2. The van der Waals surface area contributed by atoms with Crippen molar-refractivity contribution in [1.29, 1.82) is 0 Å². The fraction of sp³-hybridized carbons (Fsp3) is 0.238. The minimum Gasteiger partial charge on any atom is -0.385 e. The number of ether oxygens (including phenoxy) is 1. The molecule has 1 N–H and O–H groups in total. The first kappa shape index (κ1) is 22.4. The number of nitrogens with one attached hydrogen (secondary N) is 1. The predicted octanol–water partition coefficient (Wildman–Crippen LogP) is 2.00. The molecule has 0 bridgehead atoms. The van der Waals surface area contributed by atoms with Crippen molar-refractivity contribution >= 4 is 17.5 Å². The number of rotatable bonds is 8. The molecule has 0 unspecified atom stereocenters. The van der Waals surface area contributed by atoms with Gasteiger partial charge in [-0.25, -0.2) is 9.18 Å². The first-order chi connectivity index (χ1) is 14.9. The van der Waals surface area contributed by atoms with Gasteiger partial charge in [-0.05, 0) is 48.4 Å². The fourth-order valence-corrected chi connectivity index (χ4v) is 3.08. The van der Waals surface area contributed by atoms with Crippen molar-refractivity contribution < 1.29 is 13.9 Å². The van der Waals surface area contributed by atoms with Crippen molar-refractivity contribution in [2.75, 3.05) is 20.3 Å². The van der Waals surface area contributed by atoms with Gasteiger partial charge in [-0.2, -0.15) is 9.78 Å². The van der Waals surface area contributed by atoms with E-state index in [0.29, 0.717) is 23.6 Å². The summed E-state index contributed by atoms with van der Waals surface area (Å²) in [6.07, 6.45) is 0.538. The largest absolute Gasteiger partial charge is 0.385 e. The van der Waals surface area contributed by atoms with Crippen LogP contribution >= 0.6 is 11.6 Å². The van der Waals surface area contributed by atoms with E-state index in [4.69, 9.17) is 16.3 Å². The zero-order chi connectivity index (χ0) is 22.4. The van der Waals surface area contributed by atoms with Crippen LogP contribution in [0.2, 0.25) is 5.02 Å². The van der Waals surface area contributed by atoms with Crippen molar-refractivity contribution in [3.8, 4) is 5.69 Å². The highest BCUT2D eigenvalue weighted by Gasteiger charge is 2.20. The van der Waals surface area contributed by atoms with E-state index in [0.717, 1.165) is 21.4 Å². The minimum absolute atomic E-state index is 0.119. The van der Waals surface area contributed by atoms with Crippen LogP contribution in [0.5, 0.6) is 0 Å². The van der Waals surface area contributed by atoms with Crippen molar-refractivity contribution in [1.82, 2.24) is 19.7 Å². The van der Waals surface area contributed by atoms with Crippen LogP contribution in [0.25, 0.3) is 5.69 Å². The quantitative estimate of drug-likeness (QED) is 0.534. The van der Waals surface area contributed by atoms with Gasteiger partial charge in [-0.15, -0.1) is 0 Å². The Hall–Kier alpha value is -3.30. The van der Waals surface area contributed by atoms with E-state index in [1.54, 1.807) is 24.3 Å². The zero-order valence-corrected chi connectivity index (χ0v) is 17.4. The van der Waals surface area contributed by atoms with E-state index in [1.807, 2.05) is 0 Å². The summed E-state index contributed by atoms with van der Waals surface area (Å²) in [4.78, 5) is 38.6. The Morgan fingerprint density at radius 1 is 1.19 bits per heavy atom. The number of carbonyl (C=O) groups excluding carboxylic acids is 1. The molecule has 0 aliphatic heterocycles. The van der Waals surface area contributed by atoms with Crippen LogP contribution in [0.1, 0.15) is 22.5 Å². The molecule has 3 rings (SSSR count). The number of methoxy groups -OCH3 is 1. The average molecular weight is 447 g/mol. The molecule has 31 heavy (non-hydrogen) atoms. The molecule has 162 valence electrons. The Labute approximate surface area is 181 Å². The average Bonchev–Trinajstić information content (AvgIpc) is 2.75. The van der Waals surface area contributed by atoms with E-state index in [2.05, 4.69) is 10.4 Å². The summed E-state index contributed by atoms with van der Waals surface area (Å²) in [6.45, 7) is 0.575. The Morgan fingerprint density at radius 3 is 2.61 bits per heavy atom. The summed E-state index contributed by atoms with van der Waals surface area (Å²) < 4.78 is 20.1. The third kappa shape index (κ3) is 5.44. The van der Waals surface area contributed by atoms with Gasteiger partial charge in [0.1, 0.15) is 5.82 Å². The molecule has 0 atom stereocenters. The van der Waals surface area contributed by atoms with Crippen LogP contribution in [-0.2, 0) is 11.3 Å². The Bertz CT molecular complexity index is 1190. The molecule has 10 heteroatoms. The molecule has 0 fully saturated rings. The van der Waals surface area contributed by atoms with Crippen molar-refractivity contribution in [3.05, 3.63) is 91.5 Å². The van der Waals surface area contributed by atoms with Gasteiger partial charge < -0.3 is 10.1 Å². The lowest BCUT2D eigenvalue weighted by Gasteiger charge is -2.12. The highest BCUT2D eigenvalue weighted by molar-refractivity contribution is 6.30. The minimum atomic E-state index is -0.840. The maximum Gasteiger partial charge on any atom is 0.352 e. The van der Waals surface area contributed by atoms with Crippen LogP contribution in [0.3, 0.4) is 0 Å². The number of halogens is 2. The molecule has 0 aliphatic rings. The number of carbonyl (C=O) groups is 1.